The molecule has 0 aliphatic heterocycles. The van der Waals surface area contributed by atoms with Crippen LogP contribution in [0.5, 0.6) is 0 Å². The van der Waals surface area contributed by atoms with Gasteiger partial charge in [0.15, 0.2) is 0 Å². The van der Waals surface area contributed by atoms with Crippen molar-refractivity contribution in [2.24, 2.45) is 0 Å². The van der Waals surface area contributed by atoms with Gasteiger partial charge in [-0.25, -0.2) is 0 Å². The molecule has 1 saturated carbocycles. The molecule has 0 amide bonds. The summed E-state index contributed by atoms with van der Waals surface area (Å²) >= 11 is 0. The average Bonchev–Trinajstić information content (AvgIpc) is 3.59. The van der Waals surface area contributed by atoms with Gasteiger partial charge >= 0.3 is 0 Å². The molecular weight excluding hydrogens is 679 g/mol. The number of anilines is 3. The summed E-state index contributed by atoms with van der Waals surface area (Å²) in [5.41, 5.74) is 14.3. The van der Waals surface area contributed by atoms with E-state index in [2.05, 4.69) is 180 Å². The number of para-hydroxylation sites is 2. The van der Waals surface area contributed by atoms with Crippen LogP contribution < -0.4 is 4.90 Å². The fourth-order valence-corrected chi connectivity index (χ4v) is 8.99. The molecular formula is C54H53NO. The Morgan fingerprint density at radius 3 is 1.86 bits per heavy atom. The molecule has 0 saturated heterocycles. The van der Waals surface area contributed by atoms with Crippen LogP contribution in [0.1, 0.15) is 96.3 Å². The maximum absolute atomic E-state index is 6.29. The van der Waals surface area contributed by atoms with Gasteiger partial charge in [-0.15, -0.1) is 0 Å². The van der Waals surface area contributed by atoms with Crippen LogP contribution in [-0.4, -0.2) is 0 Å². The summed E-state index contributed by atoms with van der Waals surface area (Å²) in [7, 11) is 0. The highest BCUT2D eigenvalue weighted by atomic mass is 16.3. The Hall–Kier alpha value is -5.60. The molecule has 1 fully saturated rings. The molecule has 0 radical (unpaired) electrons. The van der Waals surface area contributed by atoms with Crippen molar-refractivity contribution in [3.63, 3.8) is 0 Å². The van der Waals surface area contributed by atoms with Gasteiger partial charge in [0.05, 0.1) is 5.69 Å². The lowest BCUT2D eigenvalue weighted by Crippen LogP contribution is -2.19. The van der Waals surface area contributed by atoms with Crippen molar-refractivity contribution >= 4 is 49.8 Å². The van der Waals surface area contributed by atoms with Crippen molar-refractivity contribution < 1.29 is 4.42 Å². The third-order valence-corrected chi connectivity index (χ3v) is 12.2. The summed E-state index contributed by atoms with van der Waals surface area (Å²) in [6.07, 6.45) is 6.52. The minimum absolute atomic E-state index is 0.0229. The Balaban J connectivity index is 1.23. The summed E-state index contributed by atoms with van der Waals surface area (Å²) in [5, 5.41) is 5.03. The molecule has 0 atom stereocenters. The van der Waals surface area contributed by atoms with E-state index in [1.165, 1.54) is 82.1 Å². The first-order valence-corrected chi connectivity index (χ1v) is 20.6. The summed E-state index contributed by atoms with van der Waals surface area (Å²) in [6, 6.07) is 54.3. The summed E-state index contributed by atoms with van der Waals surface area (Å²) in [4.78, 5) is 2.51. The smallest absolute Gasteiger partial charge is 0.136 e. The van der Waals surface area contributed by atoms with Gasteiger partial charge in [-0.1, -0.05) is 158 Å². The van der Waals surface area contributed by atoms with E-state index >= 15 is 0 Å². The van der Waals surface area contributed by atoms with E-state index in [1.807, 2.05) is 12.1 Å². The van der Waals surface area contributed by atoms with Crippen LogP contribution in [-0.2, 0) is 10.8 Å². The molecule has 280 valence electrons. The Kier molecular flexibility index (Phi) is 9.12. The minimum Gasteiger partial charge on any atom is -0.456 e. The number of fused-ring (bicyclic) bond motifs is 4. The molecule has 1 heterocycles. The molecule has 0 unspecified atom stereocenters. The second-order valence-electron chi connectivity index (χ2n) is 18.1. The van der Waals surface area contributed by atoms with Gasteiger partial charge in [0, 0.05) is 27.7 Å². The van der Waals surface area contributed by atoms with Crippen LogP contribution in [0.25, 0.3) is 55.0 Å². The monoisotopic (exact) mass is 731 g/mol. The lowest BCUT2D eigenvalue weighted by atomic mass is 9.80. The number of rotatable bonds is 6. The topological polar surface area (TPSA) is 16.4 Å². The molecule has 1 aliphatic carbocycles. The highest BCUT2D eigenvalue weighted by Crippen LogP contribution is 2.47. The van der Waals surface area contributed by atoms with Gasteiger partial charge in [0.25, 0.3) is 0 Å². The van der Waals surface area contributed by atoms with E-state index in [0.29, 0.717) is 5.92 Å². The predicted octanol–water partition coefficient (Wildman–Crippen LogP) is 16.2. The molecule has 1 aliphatic rings. The van der Waals surface area contributed by atoms with Crippen LogP contribution in [0.3, 0.4) is 0 Å². The van der Waals surface area contributed by atoms with Crippen LogP contribution in [0.2, 0.25) is 0 Å². The largest absolute Gasteiger partial charge is 0.456 e. The molecule has 0 spiro atoms. The van der Waals surface area contributed by atoms with E-state index in [0.717, 1.165) is 38.8 Å². The van der Waals surface area contributed by atoms with Crippen molar-refractivity contribution in [3.05, 3.63) is 162 Å². The molecule has 0 bridgehead atoms. The van der Waals surface area contributed by atoms with E-state index in [9.17, 15) is 0 Å². The summed E-state index contributed by atoms with van der Waals surface area (Å²) in [5.74, 6) is 0.598. The normalized spacial score (nSPS) is 14.2. The van der Waals surface area contributed by atoms with Gasteiger partial charge in [-0.3, -0.25) is 0 Å². The Labute approximate surface area is 332 Å². The van der Waals surface area contributed by atoms with E-state index in [-0.39, 0.29) is 10.8 Å². The second kappa shape index (κ2) is 14.2. The predicted molar refractivity (Wildman–Crippen MR) is 240 cm³/mol. The third kappa shape index (κ3) is 6.70. The lowest BCUT2D eigenvalue weighted by Gasteiger charge is -2.32. The first-order valence-electron chi connectivity index (χ1n) is 20.6. The zero-order chi connectivity index (χ0) is 38.6. The molecule has 1 aromatic heterocycles. The first kappa shape index (κ1) is 36.1. The van der Waals surface area contributed by atoms with E-state index in [1.54, 1.807) is 0 Å². The van der Waals surface area contributed by atoms with Gasteiger partial charge < -0.3 is 9.32 Å². The molecule has 2 heteroatoms. The van der Waals surface area contributed by atoms with E-state index < -0.39 is 0 Å². The Bertz CT molecular complexity index is 2650. The van der Waals surface area contributed by atoms with Crippen molar-refractivity contribution in [1.29, 1.82) is 0 Å². The van der Waals surface area contributed by atoms with Gasteiger partial charge in [-0.2, -0.15) is 0 Å². The number of nitrogens with zero attached hydrogens (tertiary/aromatic N) is 1. The Morgan fingerprint density at radius 1 is 0.500 bits per heavy atom. The zero-order valence-electron chi connectivity index (χ0n) is 33.8. The SMILES string of the molecule is CC(C)(C)c1cc(N(c2ccc(-c3ccc4c(c3)oc3ccccc34)cc2)c2ccccc2-c2cccc3cccc(C4CCCCC4)c23)cc(C(C)(C)C)c1. The highest BCUT2D eigenvalue weighted by molar-refractivity contribution is 6.06. The third-order valence-electron chi connectivity index (χ3n) is 12.2. The summed E-state index contributed by atoms with van der Waals surface area (Å²) in [6.45, 7) is 14.0. The maximum Gasteiger partial charge on any atom is 0.136 e. The van der Waals surface area contributed by atoms with Crippen LogP contribution in [0.4, 0.5) is 17.1 Å². The van der Waals surface area contributed by atoms with Gasteiger partial charge in [0.1, 0.15) is 11.2 Å². The molecule has 56 heavy (non-hydrogen) atoms. The first-order chi connectivity index (χ1) is 27.0. The standard InChI is InChI=1S/C54H53NO/c1-53(2,3)40-33-41(54(4,5)6)35-43(34-40)55(42-29-26-36(27-30-42)39-28-31-47-46-21-11-13-25-50(46)56-51(47)32-39)49-24-12-10-20-45(49)48-23-15-19-38-18-14-22-44(52(38)48)37-16-8-7-9-17-37/h10-15,18-35,37H,7-9,16-17H2,1-6H3. The number of furan rings is 1. The number of hydrogen-bond acceptors (Lipinski definition) is 2. The van der Waals surface area contributed by atoms with Gasteiger partial charge in [0.2, 0.25) is 0 Å². The highest BCUT2D eigenvalue weighted by Gasteiger charge is 2.26. The molecule has 9 rings (SSSR count). The van der Waals surface area contributed by atoms with Crippen LogP contribution in [0.15, 0.2) is 150 Å². The van der Waals surface area contributed by atoms with E-state index in [4.69, 9.17) is 4.42 Å². The number of hydrogen-bond donors (Lipinski definition) is 0. The Morgan fingerprint density at radius 2 is 1.12 bits per heavy atom. The maximum atomic E-state index is 6.29. The minimum atomic E-state index is -0.0229. The van der Waals surface area contributed by atoms with Crippen molar-refractivity contribution in [1.82, 2.24) is 0 Å². The molecule has 0 N–H and O–H groups in total. The van der Waals surface area contributed by atoms with Crippen LogP contribution >= 0.6 is 0 Å². The average molecular weight is 732 g/mol. The van der Waals surface area contributed by atoms with Crippen molar-refractivity contribution in [2.45, 2.75) is 90.4 Å². The molecule has 7 aromatic carbocycles. The van der Waals surface area contributed by atoms with Gasteiger partial charge in [-0.05, 0) is 122 Å². The second-order valence-corrected chi connectivity index (χ2v) is 18.1. The quantitative estimate of drug-likeness (QED) is 0.169. The van der Waals surface area contributed by atoms with Crippen molar-refractivity contribution in [2.75, 3.05) is 4.90 Å². The molecule has 8 aromatic rings. The molecule has 2 nitrogen and oxygen atoms in total. The number of benzene rings is 7. The lowest BCUT2D eigenvalue weighted by molar-refractivity contribution is 0.445. The van der Waals surface area contributed by atoms with Crippen LogP contribution in [0, 0.1) is 0 Å². The summed E-state index contributed by atoms with van der Waals surface area (Å²) < 4.78 is 6.29. The fourth-order valence-electron chi connectivity index (χ4n) is 8.99. The fraction of sp³-hybridized carbons (Fsp3) is 0.259. The zero-order valence-corrected chi connectivity index (χ0v) is 33.8. The van der Waals surface area contributed by atoms with Crippen molar-refractivity contribution in [3.8, 4) is 22.3 Å².